The molecular weight excluding hydrogens is 214 g/mol. The number of hydrogen-bond donors (Lipinski definition) is 1. The van der Waals surface area contributed by atoms with Gasteiger partial charge >= 0.3 is 0 Å². The van der Waals surface area contributed by atoms with Crippen LogP contribution in [0.3, 0.4) is 0 Å². The van der Waals surface area contributed by atoms with E-state index in [1.165, 1.54) is 0 Å². The molecular formula is C12H23N5. The van der Waals surface area contributed by atoms with E-state index < -0.39 is 0 Å². The smallest absolute Gasteiger partial charge is 0.155 e. The van der Waals surface area contributed by atoms with Gasteiger partial charge < -0.3 is 15.5 Å². The van der Waals surface area contributed by atoms with Crippen LogP contribution in [0.4, 0.5) is 11.5 Å². The SMILES string of the molecule is CC(C)CN(CCN(C)C)c1ncncc1N. The monoisotopic (exact) mass is 237 g/mol. The van der Waals surface area contributed by atoms with Gasteiger partial charge in [0.1, 0.15) is 6.33 Å². The first-order valence-corrected chi connectivity index (χ1v) is 5.96. The standard InChI is InChI=1S/C12H23N5/c1-10(2)8-17(6-5-16(3)4)12-11(13)7-14-9-15-12/h7,9-10H,5-6,8,13H2,1-4H3. The molecule has 1 aromatic heterocycles. The molecule has 0 saturated carbocycles. The molecule has 0 aliphatic rings. The van der Waals surface area contributed by atoms with Crippen LogP contribution in [0.2, 0.25) is 0 Å². The van der Waals surface area contributed by atoms with E-state index in [9.17, 15) is 0 Å². The Balaban J connectivity index is 2.78. The molecule has 0 bridgehead atoms. The summed E-state index contributed by atoms with van der Waals surface area (Å²) in [6, 6.07) is 0. The molecule has 1 heterocycles. The summed E-state index contributed by atoms with van der Waals surface area (Å²) in [6.45, 7) is 7.25. The lowest BCUT2D eigenvalue weighted by Gasteiger charge is -2.27. The van der Waals surface area contributed by atoms with Crippen LogP contribution >= 0.6 is 0 Å². The second kappa shape index (κ2) is 6.39. The predicted octanol–water partition coefficient (Wildman–Crippen LogP) is 1.08. The minimum Gasteiger partial charge on any atom is -0.394 e. The predicted molar refractivity (Wildman–Crippen MR) is 72.0 cm³/mol. The molecule has 0 radical (unpaired) electrons. The van der Waals surface area contributed by atoms with Gasteiger partial charge in [-0.1, -0.05) is 13.8 Å². The highest BCUT2D eigenvalue weighted by Gasteiger charge is 2.12. The van der Waals surface area contributed by atoms with Gasteiger partial charge in [-0.2, -0.15) is 0 Å². The molecule has 5 nitrogen and oxygen atoms in total. The summed E-state index contributed by atoms with van der Waals surface area (Å²) in [7, 11) is 4.13. The van der Waals surface area contributed by atoms with E-state index in [-0.39, 0.29) is 0 Å². The van der Waals surface area contributed by atoms with Gasteiger partial charge in [0.25, 0.3) is 0 Å². The van der Waals surface area contributed by atoms with Crippen molar-refractivity contribution >= 4 is 11.5 Å². The minimum absolute atomic E-state index is 0.575. The normalized spacial score (nSPS) is 11.2. The molecule has 0 atom stereocenters. The van der Waals surface area contributed by atoms with Gasteiger partial charge in [0.05, 0.1) is 11.9 Å². The Morgan fingerprint density at radius 3 is 2.53 bits per heavy atom. The van der Waals surface area contributed by atoms with E-state index in [0.29, 0.717) is 11.6 Å². The topological polar surface area (TPSA) is 58.3 Å². The van der Waals surface area contributed by atoms with Crippen molar-refractivity contribution < 1.29 is 0 Å². The number of hydrogen-bond acceptors (Lipinski definition) is 5. The Kier molecular flexibility index (Phi) is 5.15. The van der Waals surface area contributed by atoms with Gasteiger partial charge in [-0.15, -0.1) is 0 Å². The molecule has 96 valence electrons. The molecule has 0 aromatic carbocycles. The maximum absolute atomic E-state index is 5.92. The van der Waals surface area contributed by atoms with E-state index in [1.54, 1.807) is 12.5 Å². The molecule has 2 N–H and O–H groups in total. The number of nitrogens with two attached hydrogens (primary N) is 1. The largest absolute Gasteiger partial charge is 0.394 e. The summed E-state index contributed by atoms with van der Waals surface area (Å²) >= 11 is 0. The molecule has 1 rings (SSSR count). The summed E-state index contributed by atoms with van der Waals surface area (Å²) < 4.78 is 0. The highest BCUT2D eigenvalue weighted by Crippen LogP contribution is 2.18. The molecule has 0 saturated heterocycles. The van der Waals surface area contributed by atoms with E-state index in [4.69, 9.17) is 5.73 Å². The fourth-order valence-electron chi connectivity index (χ4n) is 1.64. The van der Waals surface area contributed by atoms with Crippen LogP contribution in [0.1, 0.15) is 13.8 Å². The number of nitrogens with zero attached hydrogens (tertiary/aromatic N) is 4. The number of nitrogen functional groups attached to an aromatic ring is 1. The van der Waals surface area contributed by atoms with Crippen molar-refractivity contribution in [2.75, 3.05) is 44.4 Å². The zero-order valence-corrected chi connectivity index (χ0v) is 11.2. The fraction of sp³-hybridized carbons (Fsp3) is 0.667. The second-order valence-electron chi connectivity index (χ2n) is 4.94. The van der Waals surface area contributed by atoms with E-state index in [1.807, 2.05) is 0 Å². The number of aromatic nitrogens is 2. The van der Waals surface area contributed by atoms with Crippen LogP contribution in [-0.4, -0.2) is 48.6 Å². The van der Waals surface area contributed by atoms with Crippen LogP contribution in [0.5, 0.6) is 0 Å². The average molecular weight is 237 g/mol. The van der Waals surface area contributed by atoms with Gasteiger partial charge in [0, 0.05) is 19.6 Å². The second-order valence-corrected chi connectivity index (χ2v) is 4.94. The zero-order chi connectivity index (χ0) is 12.8. The van der Waals surface area contributed by atoms with Crippen LogP contribution < -0.4 is 10.6 Å². The van der Waals surface area contributed by atoms with E-state index in [2.05, 4.69) is 47.7 Å². The molecule has 5 heteroatoms. The first-order chi connectivity index (χ1) is 8.00. The van der Waals surface area contributed by atoms with Crippen molar-refractivity contribution in [3.05, 3.63) is 12.5 Å². The van der Waals surface area contributed by atoms with Crippen molar-refractivity contribution in [1.82, 2.24) is 14.9 Å². The molecule has 0 spiro atoms. The summed E-state index contributed by atoms with van der Waals surface area (Å²) in [6.07, 6.45) is 3.21. The summed E-state index contributed by atoms with van der Waals surface area (Å²) in [5.41, 5.74) is 6.57. The molecule has 0 amide bonds. The third-order valence-electron chi connectivity index (χ3n) is 2.42. The Bertz CT molecular complexity index is 337. The first-order valence-electron chi connectivity index (χ1n) is 5.96. The molecule has 0 fully saturated rings. The Hall–Kier alpha value is -1.36. The van der Waals surface area contributed by atoms with Gasteiger partial charge in [-0.25, -0.2) is 9.97 Å². The zero-order valence-electron chi connectivity index (χ0n) is 11.2. The Labute approximate surface area is 104 Å². The lowest BCUT2D eigenvalue weighted by molar-refractivity contribution is 0.408. The summed E-state index contributed by atoms with van der Waals surface area (Å²) in [5, 5.41) is 0. The summed E-state index contributed by atoms with van der Waals surface area (Å²) in [5.74, 6) is 1.42. The number of anilines is 2. The van der Waals surface area contributed by atoms with Gasteiger partial charge in [-0.05, 0) is 20.0 Å². The molecule has 0 aliphatic heterocycles. The Morgan fingerprint density at radius 1 is 1.29 bits per heavy atom. The molecule has 0 unspecified atom stereocenters. The maximum atomic E-state index is 5.92. The lowest BCUT2D eigenvalue weighted by Crippen LogP contribution is -2.35. The van der Waals surface area contributed by atoms with Crippen molar-refractivity contribution in [3.63, 3.8) is 0 Å². The van der Waals surface area contributed by atoms with Gasteiger partial charge in [0.2, 0.25) is 0 Å². The lowest BCUT2D eigenvalue weighted by atomic mass is 10.2. The quantitative estimate of drug-likeness (QED) is 0.802. The number of likely N-dealkylation sites (N-methyl/N-ethyl adjacent to an activating group) is 1. The van der Waals surface area contributed by atoms with Crippen molar-refractivity contribution in [2.45, 2.75) is 13.8 Å². The fourth-order valence-corrected chi connectivity index (χ4v) is 1.64. The van der Waals surface area contributed by atoms with Crippen LogP contribution in [0.15, 0.2) is 12.5 Å². The third-order valence-corrected chi connectivity index (χ3v) is 2.42. The minimum atomic E-state index is 0.575. The van der Waals surface area contributed by atoms with Crippen molar-refractivity contribution in [2.24, 2.45) is 5.92 Å². The van der Waals surface area contributed by atoms with Crippen molar-refractivity contribution in [1.29, 1.82) is 0 Å². The number of rotatable bonds is 6. The van der Waals surface area contributed by atoms with Crippen molar-refractivity contribution in [3.8, 4) is 0 Å². The van der Waals surface area contributed by atoms with Crippen LogP contribution in [-0.2, 0) is 0 Å². The van der Waals surface area contributed by atoms with Crippen LogP contribution in [0.25, 0.3) is 0 Å². The van der Waals surface area contributed by atoms with E-state index >= 15 is 0 Å². The highest BCUT2D eigenvalue weighted by molar-refractivity contribution is 5.60. The molecule has 0 aliphatic carbocycles. The first kappa shape index (κ1) is 13.7. The highest BCUT2D eigenvalue weighted by atomic mass is 15.2. The average Bonchev–Trinajstić information content (AvgIpc) is 2.24. The summed E-state index contributed by atoms with van der Waals surface area (Å²) in [4.78, 5) is 12.6. The van der Waals surface area contributed by atoms with E-state index in [0.717, 1.165) is 25.5 Å². The molecule has 17 heavy (non-hydrogen) atoms. The van der Waals surface area contributed by atoms with Gasteiger partial charge in [0.15, 0.2) is 5.82 Å². The van der Waals surface area contributed by atoms with Gasteiger partial charge in [-0.3, -0.25) is 0 Å². The Morgan fingerprint density at radius 2 is 2.00 bits per heavy atom. The third kappa shape index (κ3) is 4.56. The van der Waals surface area contributed by atoms with Crippen LogP contribution in [0, 0.1) is 5.92 Å². The maximum Gasteiger partial charge on any atom is 0.155 e. The molecule has 1 aromatic rings.